The number of anilines is 1. The van der Waals surface area contributed by atoms with Gasteiger partial charge in [-0.2, -0.15) is 5.10 Å². The smallest absolute Gasteiger partial charge is 0.120 e. The standard InChI is InChI=1S/C13H16BrN3O/c1-10-13(9-17(2)16-10)15-6-7-18-12-5-3-4-11(14)8-12/h3-5,8-9,15H,6-7H2,1-2H3. The van der Waals surface area contributed by atoms with Gasteiger partial charge in [-0.15, -0.1) is 0 Å². The molecule has 18 heavy (non-hydrogen) atoms. The third-order valence-corrected chi connectivity index (χ3v) is 2.99. The zero-order valence-electron chi connectivity index (χ0n) is 10.5. The Morgan fingerprint density at radius 3 is 2.94 bits per heavy atom. The quantitative estimate of drug-likeness (QED) is 0.863. The first-order valence-corrected chi connectivity index (χ1v) is 6.57. The topological polar surface area (TPSA) is 39.1 Å². The fourth-order valence-corrected chi connectivity index (χ4v) is 2.06. The van der Waals surface area contributed by atoms with E-state index in [1.165, 1.54) is 0 Å². The third kappa shape index (κ3) is 3.50. The van der Waals surface area contributed by atoms with E-state index < -0.39 is 0 Å². The molecule has 1 aromatic carbocycles. The van der Waals surface area contributed by atoms with Gasteiger partial charge in [0.2, 0.25) is 0 Å². The van der Waals surface area contributed by atoms with Crippen LogP contribution in [-0.2, 0) is 7.05 Å². The molecule has 0 radical (unpaired) electrons. The number of aromatic nitrogens is 2. The van der Waals surface area contributed by atoms with E-state index in [4.69, 9.17) is 4.74 Å². The lowest BCUT2D eigenvalue weighted by atomic mass is 10.3. The molecule has 0 saturated heterocycles. The van der Waals surface area contributed by atoms with Crippen molar-refractivity contribution in [3.05, 3.63) is 40.6 Å². The van der Waals surface area contributed by atoms with Crippen molar-refractivity contribution in [2.45, 2.75) is 6.92 Å². The van der Waals surface area contributed by atoms with Gasteiger partial charge < -0.3 is 10.1 Å². The number of nitrogens with zero attached hydrogens (tertiary/aromatic N) is 2. The van der Waals surface area contributed by atoms with Crippen molar-refractivity contribution in [2.24, 2.45) is 7.05 Å². The van der Waals surface area contributed by atoms with E-state index in [2.05, 4.69) is 26.3 Å². The number of halogens is 1. The molecule has 0 spiro atoms. The van der Waals surface area contributed by atoms with Gasteiger partial charge in [0.15, 0.2) is 0 Å². The summed E-state index contributed by atoms with van der Waals surface area (Å²) < 4.78 is 8.46. The lowest BCUT2D eigenvalue weighted by molar-refractivity contribution is 0.332. The van der Waals surface area contributed by atoms with Crippen LogP contribution in [0, 0.1) is 6.92 Å². The van der Waals surface area contributed by atoms with Crippen molar-refractivity contribution >= 4 is 21.6 Å². The minimum absolute atomic E-state index is 0.616. The molecule has 5 heteroatoms. The Hall–Kier alpha value is -1.49. The van der Waals surface area contributed by atoms with Gasteiger partial charge in [0.1, 0.15) is 12.4 Å². The molecule has 2 rings (SSSR count). The molecule has 0 unspecified atom stereocenters. The molecule has 96 valence electrons. The fourth-order valence-electron chi connectivity index (χ4n) is 1.68. The number of benzene rings is 1. The molecule has 0 aliphatic rings. The highest BCUT2D eigenvalue weighted by Gasteiger charge is 2.01. The Morgan fingerprint density at radius 1 is 1.44 bits per heavy atom. The largest absolute Gasteiger partial charge is 0.492 e. The van der Waals surface area contributed by atoms with E-state index in [1.54, 1.807) is 4.68 Å². The molecule has 4 nitrogen and oxygen atoms in total. The molecule has 0 atom stereocenters. The fraction of sp³-hybridized carbons (Fsp3) is 0.308. The average molecular weight is 310 g/mol. The maximum Gasteiger partial charge on any atom is 0.120 e. The zero-order chi connectivity index (χ0) is 13.0. The van der Waals surface area contributed by atoms with Crippen LogP contribution in [0.2, 0.25) is 0 Å². The van der Waals surface area contributed by atoms with Crippen LogP contribution in [0.25, 0.3) is 0 Å². The summed E-state index contributed by atoms with van der Waals surface area (Å²) >= 11 is 3.41. The third-order valence-electron chi connectivity index (χ3n) is 2.50. The molecule has 1 N–H and O–H groups in total. The summed E-state index contributed by atoms with van der Waals surface area (Å²) in [7, 11) is 1.91. The monoisotopic (exact) mass is 309 g/mol. The van der Waals surface area contributed by atoms with E-state index in [-0.39, 0.29) is 0 Å². The number of ether oxygens (including phenoxy) is 1. The van der Waals surface area contributed by atoms with Gasteiger partial charge in [-0.1, -0.05) is 22.0 Å². The summed E-state index contributed by atoms with van der Waals surface area (Å²) in [5, 5.41) is 7.57. The molecule has 0 bridgehead atoms. The molecule has 0 saturated carbocycles. The highest BCUT2D eigenvalue weighted by Crippen LogP contribution is 2.17. The molecule has 0 fully saturated rings. The molecule has 2 aromatic rings. The Morgan fingerprint density at radius 2 is 2.28 bits per heavy atom. The van der Waals surface area contributed by atoms with Gasteiger partial charge in [0.05, 0.1) is 11.4 Å². The average Bonchev–Trinajstić information content (AvgIpc) is 2.64. The van der Waals surface area contributed by atoms with Gasteiger partial charge in [-0.25, -0.2) is 0 Å². The van der Waals surface area contributed by atoms with Crippen LogP contribution in [0.15, 0.2) is 34.9 Å². The van der Waals surface area contributed by atoms with Crippen molar-refractivity contribution in [1.29, 1.82) is 0 Å². The molecule has 1 aromatic heterocycles. The Kier molecular flexibility index (Phi) is 4.25. The van der Waals surface area contributed by atoms with Crippen LogP contribution in [0.4, 0.5) is 5.69 Å². The van der Waals surface area contributed by atoms with Crippen molar-refractivity contribution < 1.29 is 4.74 Å². The zero-order valence-corrected chi connectivity index (χ0v) is 12.1. The van der Waals surface area contributed by atoms with Crippen LogP contribution < -0.4 is 10.1 Å². The molecular formula is C13H16BrN3O. The first-order valence-electron chi connectivity index (χ1n) is 5.77. The minimum Gasteiger partial charge on any atom is -0.492 e. The van der Waals surface area contributed by atoms with Crippen molar-refractivity contribution in [2.75, 3.05) is 18.5 Å². The normalized spacial score (nSPS) is 10.4. The maximum atomic E-state index is 5.64. The lowest BCUT2D eigenvalue weighted by Crippen LogP contribution is -2.11. The lowest BCUT2D eigenvalue weighted by Gasteiger charge is -2.07. The molecular weight excluding hydrogens is 294 g/mol. The Bertz CT molecular complexity index is 525. The summed E-state index contributed by atoms with van der Waals surface area (Å²) in [5.74, 6) is 0.870. The second kappa shape index (κ2) is 5.91. The highest BCUT2D eigenvalue weighted by molar-refractivity contribution is 9.10. The van der Waals surface area contributed by atoms with E-state index in [0.29, 0.717) is 6.61 Å². The molecule has 0 amide bonds. The summed E-state index contributed by atoms with van der Waals surface area (Å²) in [6.45, 7) is 3.35. The first kappa shape index (κ1) is 13.0. The molecule has 1 heterocycles. The molecule has 0 aliphatic heterocycles. The van der Waals surface area contributed by atoms with Gasteiger partial charge in [0, 0.05) is 24.3 Å². The van der Waals surface area contributed by atoms with E-state index in [0.717, 1.165) is 28.1 Å². The summed E-state index contributed by atoms with van der Waals surface area (Å²) in [4.78, 5) is 0. The number of hydrogen-bond donors (Lipinski definition) is 1. The SMILES string of the molecule is Cc1nn(C)cc1NCCOc1cccc(Br)c1. The minimum atomic E-state index is 0.616. The van der Waals surface area contributed by atoms with E-state index in [9.17, 15) is 0 Å². The summed E-state index contributed by atoms with van der Waals surface area (Å²) in [6.07, 6.45) is 1.97. The van der Waals surface area contributed by atoms with Gasteiger partial charge in [-0.3, -0.25) is 4.68 Å². The van der Waals surface area contributed by atoms with Crippen LogP contribution in [0.3, 0.4) is 0 Å². The summed E-state index contributed by atoms with van der Waals surface area (Å²) in [6, 6.07) is 7.83. The van der Waals surface area contributed by atoms with Gasteiger partial charge >= 0.3 is 0 Å². The van der Waals surface area contributed by atoms with Crippen molar-refractivity contribution in [3.8, 4) is 5.75 Å². The second-order valence-corrected chi connectivity index (χ2v) is 4.95. The Labute approximate surface area is 115 Å². The molecule has 0 aliphatic carbocycles. The van der Waals surface area contributed by atoms with Crippen LogP contribution >= 0.6 is 15.9 Å². The van der Waals surface area contributed by atoms with Gasteiger partial charge in [-0.05, 0) is 25.1 Å². The van der Waals surface area contributed by atoms with E-state index in [1.807, 2.05) is 44.4 Å². The first-order chi connectivity index (χ1) is 8.65. The maximum absolute atomic E-state index is 5.64. The second-order valence-electron chi connectivity index (χ2n) is 4.03. The number of hydrogen-bond acceptors (Lipinski definition) is 3. The number of nitrogens with one attached hydrogen (secondary N) is 1. The van der Waals surface area contributed by atoms with E-state index >= 15 is 0 Å². The highest BCUT2D eigenvalue weighted by atomic mass is 79.9. The van der Waals surface area contributed by atoms with Crippen LogP contribution in [-0.4, -0.2) is 22.9 Å². The van der Waals surface area contributed by atoms with Gasteiger partial charge in [0.25, 0.3) is 0 Å². The number of aryl methyl sites for hydroxylation is 2. The van der Waals surface area contributed by atoms with Crippen LogP contribution in [0.1, 0.15) is 5.69 Å². The summed E-state index contributed by atoms with van der Waals surface area (Å²) in [5.41, 5.74) is 2.05. The Balaban J connectivity index is 1.78. The number of rotatable bonds is 5. The predicted molar refractivity (Wildman–Crippen MR) is 76.1 cm³/mol. The van der Waals surface area contributed by atoms with Crippen LogP contribution in [0.5, 0.6) is 5.75 Å². The van der Waals surface area contributed by atoms with Crippen molar-refractivity contribution in [3.63, 3.8) is 0 Å². The predicted octanol–water partition coefficient (Wildman–Crippen LogP) is 2.98. The van der Waals surface area contributed by atoms with Crippen molar-refractivity contribution in [1.82, 2.24) is 9.78 Å².